The smallest absolute Gasteiger partial charge is 0.393 e. The molecule has 0 fully saturated rings. The summed E-state index contributed by atoms with van der Waals surface area (Å²) >= 11 is 0. The summed E-state index contributed by atoms with van der Waals surface area (Å²) in [6, 6.07) is 6.61. The van der Waals surface area contributed by atoms with E-state index in [9.17, 15) is 27.2 Å². The van der Waals surface area contributed by atoms with Crippen molar-refractivity contribution in [2.75, 3.05) is 5.32 Å². The molecule has 0 aliphatic heterocycles. The van der Waals surface area contributed by atoms with E-state index in [1.54, 1.807) is 24.3 Å². The van der Waals surface area contributed by atoms with Crippen LogP contribution in [-0.4, -0.2) is 24.4 Å². The lowest BCUT2D eigenvalue weighted by Gasteiger charge is -2.13. The number of hydrogen-bond donors (Lipinski definition) is 1. The van der Waals surface area contributed by atoms with Crippen LogP contribution in [-0.2, 0) is 14.3 Å². The summed E-state index contributed by atoms with van der Waals surface area (Å²) in [5, 5.41) is 2.34. The molecule has 0 radical (unpaired) electrons. The Morgan fingerprint density at radius 1 is 1.19 bits per heavy atom. The first kappa shape index (κ1) is 16.7. The third-order valence-corrected chi connectivity index (χ3v) is 2.18. The predicted octanol–water partition coefficient (Wildman–Crippen LogP) is 2.89. The van der Waals surface area contributed by atoms with Gasteiger partial charge in [-0.25, -0.2) is 4.79 Å². The topological polar surface area (TPSA) is 55.4 Å². The summed E-state index contributed by atoms with van der Waals surface area (Å²) in [5.41, 5.74) is 1.38. The average Bonchev–Trinajstić information content (AvgIpc) is 2.38. The molecule has 21 heavy (non-hydrogen) atoms. The van der Waals surface area contributed by atoms with E-state index in [4.69, 9.17) is 0 Å². The van der Waals surface area contributed by atoms with E-state index in [2.05, 4.69) is 10.1 Å². The molecule has 1 amide bonds. The number of halogens is 4. The Morgan fingerprint density at radius 3 is 2.29 bits per heavy atom. The Hall–Kier alpha value is -2.38. The third kappa shape index (κ3) is 5.64. The van der Waals surface area contributed by atoms with Gasteiger partial charge in [0.1, 0.15) is 0 Å². The first-order valence-corrected chi connectivity index (χ1v) is 5.65. The summed E-state index contributed by atoms with van der Waals surface area (Å²) in [6.45, 7) is 1.84. The number of ether oxygens (including phenoxy) is 1. The van der Waals surface area contributed by atoms with Crippen LogP contribution in [0.25, 0.3) is 0 Å². The zero-order chi connectivity index (χ0) is 16.0. The quantitative estimate of drug-likeness (QED) is 0.517. The molecule has 1 aromatic rings. The van der Waals surface area contributed by atoms with Crippen LogP contribution in [0.3, 0.4) is 0 Å². The zero-order valence-electron chi connectivity index (χ0n) is 10.8. The number of carbonyl (C=O) groups is 2. The summed E-state index contributed by atoms with van der Waals surface area (Å²) in [7, 11) is 0. The molecule has 0 aliphatic rings. The lowest BCUT2D eigenvalue weighted by Crippen LogP contribution is -2.32. The van der Waals surface area contributed by atoms with Gasteiger partial charge >= 0.3 is 18.5 Å². The maximum atomic E-state index is 12.4. The Kier molecular flexibility index (Phi) is 5.45. The van der Waals surface area contributed by atoms with Crippen LogP contribution in [0.2, 0.25) is 0 Å². The van der Waals surface area contributed by atoms with Crippen LogP contribution in [0, 0.1) is 6.92 Å². The number of aryl methyl sites for hydroxylation is 1. The van der Waals surface area contributed by atoms with Crippen molar-refractivity contribution in [1.29, 1.82) is 0 Å². The molecule has 0 aliphatic carbocycles. The van der Waals surface area contributed by atoms with Crippen molar-refractivity contribution >= 4 is 17.6 Å². The van der Waals surface area contributed by atoms with E-state index in [1.807, 2.05) is 6.92 Å². The third-order valence-electron chi connectivity index (χ3n) is 2.18. The van der Waals surface area contributed by atoms with Gasteiger partial charge in [0.2, 0.25) is 5.91 Å². The van der Waals surface area contributed by atoms with Gasteiger partial charge in [-0.15, -0.1) is 0 Å². The number of nitrogens with one attached hydrogen (secondary N) is 1. The van der Waals surface area contributed by atoms with Crippen LogP contribution < -0.4 is 5.32 Å². The molecule has 0 bridgehead atoms. The van der Waals surface area contributed by atoms with Gasteiger partial charge in [0, 0.05) is 17.8 Å². The summed E-state index contributed by atoms with van der Waals surface area (Å²) in [5.74, 6) is -2.55. The van der Waals surface area contributed by atoms with Gasteiger partial charge in [0.25, 0.3) is 0 Å². The first-order valence-electron chi connectivity index (χ1n) is 5.65. The summed E-state index contributed by atoms with van der Waals surface area (Å²) in [6.07, 6.45) is -8.10. The van der Waals surface area contributed by atoms with Crippen molar-refractivity contribution in [2.24, 2.45) is 0 Å². The average molecular weight is 305 g/mol. The molecule has 0 heterocycles. The number of rotatable bonds is 5. The molecule has 0 saturated carbocycles. The van der Waals surface area contributed by atoms with E-state index in [1.165, 1.54) is 0 Å². The van der Waals surface area contributed by atoms with Crippen LogP contribution in [0.5, 0.6) is 0 Å². The molecule has 0 unspecified atom stereocenters. The lowest BCUT2D eigenvalue weighted by atomic mass is 10.2. The van der Waals surface area contributed by atoms with Gasteiger partial charge in [0.05, 0.1) is 0 Å². The molecule has 114 valence electrons. The van der Waals surface area contributed by atoms with Crippen molar-refractivity contribution < 1.29 is 31.9 Å². The molecule has 8 heteroatoms. The molecule has 4 nitrogen and oxygen atoms in total. The second-order valence-corrected chi connectivity index (χ2v) is 3.97. The maximum absolute atomic E-state index is 12.4. The van der Waals surface area contributed by atoms with E-state index < -0.39 is 24.4 Å². The molecule has 1 N–H and O–H groups in total. The van der Waals surface area contributed by atoms with E-state index in [0.717, 1.165) is 5.56 Å². The normalized spacial score (nSPS) is 11.7. The van der Waals surface area contributed by atoms with Crippen molar-refractivity contribution in [3.8, 4) is 0 Å². The van der Waals surface area contributed by atoms with Crippen LogP contribution in [0.1, 0.15) is 5.56 Å². The molecule has 1 aromatic carbocycles. The molecular formula is C13H11F4NO3. The number of amides is 1. The molecule has 0 atom stereocenters. The van der Waals surface area contributed by atoms with Gasteiger partial charge in [-0.2, -0.15) is 17.6 Å². The van der Waals surface area contributed by atoms with Crippen molar-refractivity contribution in [3.05, 3.63) is 42.0 Å². The van der Waals surface area contributed by atoms with E-state index in [-0.39, 0.29) is 0 Å². The fourth-order valence-corrected chi connectivity index (χ4v) is 1.18. The highest BCUT2D eigenvalue weighted by molar-refractivity contribution is 6.02. The van der Waals surface area contributed by atoms with Gasteiger partial charge in [-0.05, 0) is 19.1 Å². The highest BCUT2D eigenvalue weighted by Crippen LogP contribution is 2.24. The molecule has 1 rings (SSSR count). The van der Waals surface area contributed by atoms with Crippen LogP contribution in [0.4, 0.5) is 23.2 Å². The number of anilines is 1. The number of esters is 1. The number of hydrogen-bond acceptors (Lipinski definition) is 3. The molecule has 0 saturated heterocycles. The van der Waals surface area contributed by atoms with E-state index in [0.29, 0.717) is 17.8 Å². The fraction of sp³-hybridized carbons (Fsp3) is 0.231. The standard InChI is InChI=1S/C13H11F4NO3/c1-8-2-4-9(5-3-8)18-10(19)6-7-11(20)21-13(16,17)12(14)15/h2-7,12H,1H3,(H,18,19)/b7-6+. The Bertz CT molecular complexity index is 541. The largest absolute Gasteiger partial charge is 0.463 e. The number of benzene rings is 1. The van der Waals surface area contributed by atoms with Gasteiger partial charge in [0.15, 0.2) is 0 Å². The summed E-state index contributed by atoms with van der Waals surface area (Å²) in [4.78, 5) is 22.2. The van der Waals surface area contributed by atoms with Crippen molar-refractivity contribution in [2.45, 2.75) is 19.5 Å². The first-order chi connectivity index (χ1) is 9.70. The number of alkyl halides is 4. The zero-order valence-corrected chi connectivity index (χ0v) is 10.8. The molecule has 0 spiro atoms. The minimum Gasteiger partial charge on any atom is -0.393 e. The second kappa shape index (κ2) is 6.87. The van der Waals surface area contributed by atoms with Gasteiger partial charge in [-0.1, -0.05) is 17.7 Å². The highest BCUT2D eigenvalue weighted by Gasteiger charge is 2.45. The monoisotopic (exact) mass is 305 g/mol. The maximum Gasteiger partial charge on any atom is 0.463 e. The SMILES string of the molecule is Cc1ccc(NC(=O)/C=C/C(=O)OC(F)(F)C(F)F)cc1. The Balaban J connectivity index is 2.54. The Morgan fingerprint density at radius 2 is 1.76 bits per heavy atom. The van der Waals surface area contributed by atoms with Crippen molar-refractivity contribution in [3.63, 3.8) is 0 Å². The molecular weight excluding hydrogens is 294 g/mol. The minimum atomic E-state index is -4.89. The summed E-state index contributed by atoms with van der Waals surface area (Å²) < 4.78 is 51.5. The van der Waals surface area contributed by atoms with Crippen LogP contribution >= 0.6 is 0 Å². The van der Waals surface area contributed by atoms with Crippen LogP contribution in [0.15, 0.2) is 36.4 Å². The molecule has 0 aromatic heterocycles. The highest BCUT2D eigenvalue weighted by atomic mass is 19.3. The predicted molar refractivity (Wildman–Crippen MR) is 66.0 cm³/mol. The Labute approximate surface area is 117 Å². The van der Waals surface area contributed by atoms with Crippen molar-refractivity contribution in [1.82, 2.24) is 0 Å². The lowest BCUT2D eigenvalue weighted by molar-refractivity contribution is -0.282. The van der Waals surface area contributed by atoms with Gasteiger partial charge in [-0.3, -0.25) is 4.79 Å². The second-order valence-electron chi connectivity index (χ2n) is 3.97. The minimum absolute atomic E-state index is 0.333. The van der Waals surface area contributed by atoms with E-state index >= 15 is 0 Å². The van der Waals surface area contributed by atoms with Gasteiger partial charge < -0.3 is 10.1 Å². The fourth-order valence-electron chi connectivity index (χ4n) is 1.18. The number of carbonyl (C=O) groups excluding carboxylic acids is 2.